The predicted molar refractivity (Wildman–Crippen MR) is 500 cm³/mol. The molecule has 21 N–H and O–H groups in total. The minimum Gasteiger partial charge on any atom is -0.394 e. The van der Waals surface area contributed by atoms with Crippen LogP contribution in [0.3, 0.4) is 0 Å². The molecule has 0 radical (unpaired) electrons. The summed E-state index contributed by atoms with van der Waals surface area (Å²) >= 11 is 0.802. The van der Waals surface area contributed by atoms with E-state index < -0.39 is 235 Å². The Morgan fingerprint density at radius 3 is 1.72 bits per heavy atom. The van der Waals surface area contributed by atoms with E-state index in [4.69, 9.17) is 22.6 Å². The van der Waals surface area contributed by atoms with Crippen molar-refractivity contribution >= 4 is 140 Å². The first-order valence-electron chi connectivity index (χ1n) is 45.3. The molecule has 728 valence electrons. The second kappa shape index (κ2) is 51.7. The summed E-state index contributed by atoms with van der Waals surface area (Å²) in [5.74, 6) is -18.6. The average Bonchev–Trinajstić information content (AvgIpc) is 1.56. The molecule has 16 amide bonds. The van der Waals surface area contributed by atoms with E-state index in [1.54, 1.807) is 119 Å². The number of fused-ring (bicyclic) bond motifs is 3. The number of aromatic nitrogens is 4. The zero-order valence-electron chi connectivity index (χ0n) is 77.7. The van der Waals surface area contributed by atoms with Crippen molar-refractivity contribution in [1.82, 2.24) is 97.6 Å². The number of nitrogens with one attached hydrogen (secondary N) is 14. The molecule has 2 aliphatic rings. The number of hydrogen-bond donors (Lipinski definition) is 18. The number of carbonyl (C=O) groups excluding carboxylic acids is 17. The Morgan fingerprint density at radius 2 is 1.12 bits per heavy atom. The molecule has 3 aromatic carbocycles. The van der Waals surface area contributed by atoms with E-state index in [-0.39, 0.29) is 89.6 Å². The van der Waals surface area contributed by atoms with Crippen LogP contribution in [0.4, 0.5) is 0 Å². The first kappa shape index (κ1) is 106. The number of amides is 16. The van der Waals surface area contributed by atoms with Crippen LogP contribution in [0.15, 0.2) is 104 Å². The largest absolute Gasteiger partial charge is 0.394 e. The third-order valence-electron chi connectivity index (χ3n) is 23.8. The fourth-order valence-electron chi connectivity index (χ4n) is 16.7. The number of nitrogens with two attached hydrogens (primary N) is 3. The Bertz CT molecular complexity index is 5100. The number of imidazole rings is 1. The van der Waals surface area contributed by atoms with Gasteiger partial charge >= 0.3 is 0 Å². The highest BCUT2D eigenvalue weighted by Gasteiger charge is 2.45. The quantitative estimate of drug-likeness (QED) is 0.0177. The number of Topliss-reactive ketones (excluding diaryl/α,β-unsaturated/α-hetero) is 1. The molecule has 42 heteroatoms. The van der Waals surface area contributed by atoms with E-state index in [9.17, 15) is 53.1 Å². The molecule has 0 bridgehead atoms. The molecular formula is C92H131N23O18S. The number of aromatic amines is 3. The molecular weight excluding hydrogens is 1750 g/mol. The maximum absolute atomic E-state index is 15.7. The lowest BCUT2D eigenvalue weighted by molar-refractivity contribution is -0.149. The number of likely N-dealkylation sites (N-methyl/N-ethyl adjacent to an activating group) is 4. The van der Waals surface area contributed by atoms with Crippen LogP contribution in [0.25, 0.3) is 21.8 Å². The van der Waals surface area contributed by atoms with Crippen molar-refractivity contribution in [2.75, 3.05) is 72.5 Å². The molecule has 0 aliphatic carbocycles. The minimum atomic E-state index is -1.81. The molecule has 3 aromatic heterocycles. The lowest BCUT2D eigenvalue weighted by Gasteiger charge is -2.36. The van der Waals surface area contributed by atoms with Crippen LogP contribution in [0.1, 0.15) is 147 Å². The van der Waals surface area contributed by atoms with Crippen LogP contribution in [0.2, 0.25) is 0 Å². The van der Waals surface area contributed by atoms with Gasteiger partial charge in [-0.25, -0.2) is 4.98 Å². The minimum absolute atomic E-state index is 0.000728. The van der Waals surface area contributed by atoms with Gasteiger partial charge in [-0.05, 0) is 92.0 Å². The monoisotopic (exact) mass is 1880 g/mol. The number of para-hydroxylation sites is 2. The molecule has 13 atom stereocenters. The summed E-state index contributed by atoms with van der Waals surface area (Å²) in [5.41, 5.74) is 20.2. The van der Waals surface area contributed by atoms with Crippen molar-refractivity contribution in [3.63, 3.8) is 0 Å². The lowest BCUT2D eigenvalue weighted by atomic mass is 9.92. The topological polar surface area (TPSA) is 609 Å². The molecule has 0 saturated carbocycles. The SMILES string of the molecule is CCCC[C@H]1C(=O)N(C)[C@@H](CCCC)C(=O)N[C@@H](CCCNC(=N)N)C(=O)N[C@H](C(=O)NCC(N)=O)CSCC(=O)N[C@@H](Cc2ccccc2)C(=O)N(C)[C@@H](C(C)C)C(=O)N[C@@H](CC(N)=O)C(=O)N2CCC[C@H]2C(=O)N[C@@H](Cc2cnc[nH]2)C(=O)N[C@@H](CC(C)C)C(=O)N(C)CC(=O)C[C@@H](Cc2c[nH]c3ccccc23)C(=O)N[C@@H](CO)C(=O)N[C@@H](Cc2c[nH]c3ccccc23)C(=O)N1C. The van der Waals surface area contributed by atoms with Gasteiger partial charge in [0.05, 0.1) is 38.2 Å². The second-order valence-electron chi connectivity index (χ2n) is 35.0. The fraction of sp³-hybridized carbons (Fsp3) is 0.533. The van der Waals surface area contributed by atoms with E-state index >= 15 is 33.6 Å². The molecule has 0 spiro atoms. The Balaban J connectivity index is 1.19. The summed E-state index contributed by atoms with van der Waals surface area (Å²) in [6.45, 7) is 8.01. The van der Waals surface area contributed by atoms with E-state index in [1.807, 2.05) is 13.8 Å². The number of aliphatic hydroxyl groups excluding tert-OH is 1. The van der Waals surface area contributed by atoms with Gasteiger partial charge in [0.25, 0.3) is 0 Å². The number of nitrogens with zero attached hydrogens (tertiary/aromatic N) is 6. The number of ketones is 1. The third-order valence-corrected chi connectivity index (χ3v) is 24.8. The number of guanidine groups is 1. The Kier molecular flexibility index (Phi) is 40.9. The van der Waals surface area contributed by atoms with Gasteiger partial charge in [0.2, 0.25) is 94.5 Å². The predicted octanol–water partition coefficient (Wildman–Crippen LogP) is -0.411. The number of thioether (sulfide) groups is 1. The van der Waals surface area contributed by atoms with Gasteiger partial charge in [0, 0.05) is 125 Å². The van der Waals surface area contributed by atoms with Gasteiger partial charge < -0.3 is 115 Å². The molecule has 6 aromatic rings. The van der Waals surface area contributed by atoms with Crippen LogP contribution >= 0.6 is 11.8 Å². The van der Waals surface area contributed by atoms with Gasteiger partial charge in [-0.3, -0.25) is 86.9 Å². The Labute approximate surface area is 782 Å². The molecule has 8 rings (SSSR count). The zero-order valence-corrected chi connectivity index (χ0v) is 78.5. The van der Waals surface area contributed by atoms with E-state index in [0.717, 1.165) is 31.4 Å². The van der Waals surface area contributed by atoms with Gasteiger partial charge in [-0.15, -0.1) is 11.8 Å². The number of hydrogen-bond acceptors (Lipinski definition) is 21. The second-order valence-corrected chi connectivity index (χ2v) is 36.0. The standard InChI is InChI=1S/C92H131N23O18S/c1-11-13-31-72-84(126)104-64(30-22-34-98-92(95)96)81(123)110-71(80(122)101-46-76(94)119)49-134-50-77(120)103-67(37-54-24-16-15-17-25-54)89(131)114(10)78(53(5)6)86(128)108-69(42-75(93)118)90(132)115-35-23-33-73(115)85(127)105-65(41-58-45-97-51-102-58)82(124)106-66(36-52(3)4)87(129)111(7)47-59(117)39-55(38-56-43-99-62-28-20-18-26-60(56)62)79(121)109-70(48-116)83(125)107-68(40-57-44-100-63-29-21-19-27-61(57)63)88(130)113(9)74(32-14-12-2)91(133)112(72)8/h15-21,24-29,43-45,51-53,55,64-74,78,99-100,116H,11-14,22-23,30-42,46-50H2,1-10H3,(H2,93,118)(H2,94,119)(H,97,102)(H,101,122)(H,103,120)(H,104,126)(H,105,127)(H,106,124)(H,107,125)(H,108,128)(H,109,121)(H,110,123)(H4,95,96,98)/t55-,64+,65+,66+,67+,68+,69+,70+,71+,72+,73+,74+,78+/m1/s1. The zero-order chi connectivity index (χ0) is 98.2. The summed E-state index contributed by atoms with van der Waals surface area (Å²) in [7, 11) is 5.35. The smallest absolute Gasteiger partial charge is 0.246 e. The third kappa shape index (κ3) is 30.6. The van der Waals surface area contributed by atoms with Crippen molar-refractivity contribution in [1.29, 1.82) is 5.41 Å². The van der Waals surface area contributed by atoms with Gasteiger partial charge in [0.1, 0.15) is 72.5 Å². The number of primary amides is 2. The first-order chi connectivity index (χ1) is 63.8. The van der Waals surface area contributed by atoms with Crippen LogP contribution in [0.5, 0.6) is 0 Å². The van der Waals surface area contributed by atoms with Gasteiger partial charge in [-0.1, -0.05) is 134 Å². The fourth-order valence-corrected chi connectivity index (χ4v) is 17.6. The Hall–Kier alpha value is -13.3. The van der Waals surface area contributed by atoms with Crippen molar-refractivity contribution in [3.8, 4) is 0 Å². The number of benzene rings is 3. The summed E-state index contributed by atoms with van der Waals surface area (Å²) in [6, 6.07) is 4.75. The van der Waals surface area contributed by atoms with Crippen LogP contribution in [-0.4, -0.2) is 301 Å². The number of aliphatic hydroxyl groups is 1. The van der Waals surface area contributed by atoms with Crippen LogP contribution in [-0.2, 0) is 107 Å². The number of unbranched alkanes of at least 4 members (excludes halogenated alkanes) is 2. The summed E-state index contributed by atoms with van der Waals surface area (Å²) in [6.07, 6.45) is 5.70. The molecule has 0 unspecified atom stereocenters. The van der Waals surface area contributed by atoms with Gasteiger partial charge in [-0.2, -0.15) is 0 Å². The maximum atomic E-state index is 15.7. The van der Waals surface area contributed by atoms with Gasteiger partial charge in [0.15, 0.2) is 11.7 Å². The summed E-state index contributed by atoms with van der Waals surface area (Å²) in [5, 5.41) is 47.1. The molecule has 2 fully saturated rings. The van der Waals surface area contributed by atoms with Crippen molar-refractivity contribution in [2.45, 2.75) is 223 Å². The molecule has 41 nitrogen and oxygen atoms in total. The van der Waals surface area contributed by atoms with Crippen LogP contribution in [0, 0.1) is 23.2 Å². The highest BCUT2D eigenvalue weighted by Crippen LogP contribution is 2.28. The molecule has 2 aliphatic heterocycles. The van der Waals surface area contributed by atoms with Crippen LogP contribution < -0.4 is 70.4 Å². The lowest BCUT2D eigenvalue weighted by Crippen LogP contribution is -2.61. The number of H-pyrrole nitrogens is 3. The molecule has 5 heterocycles. The summed E-state index contributed by atoms with van der Waals surface area (Å²) in [4.78, 5) is 269. The maximum Gasteiger partial charge on any atom is 0.246 e. The summed E-state index contributed by atoms with van der Waals surface area (Å²) < 4.78 is 0. The van der Waals surface area contributed by atoms with Crippen molar-refractivity contribution in [3.05, 3.63) is 126 Å². The average molecular weight is 1880 g/mol. The highest BCUT2D eigenvalue weighted by molar-refractivity contribution is 8.00. The number of carbonyl (C=O) groups is 17. The van der Waals surface area contributed by atoms with E-state index in [2.05, 4.69) is 73.1 Å². The van der Waals surface area contributed by atoms with E-state index in [0.29, 0.717) is 69.9 Å². The number of rotatable bonds is 27. The normalized spacial score (nSPS) is 23.4. The molecule has 134 heavy (non-hydrogen) atoms. The molecule has 2 saturated heterocycles. The van der Waals surface area contributed by atoms with Crippen molar-refractivity contribution in [2.24, 2.45) is 35.0 Å². The first-order valence-corrected chi connectivity index (χ1v) is 46.5. The van der Waals surface area contributed by atoms with Crippen molar-refractivity contribution < 1.29 is 86.6 Å². The highest BCUT2D eigenvalue weighted by atomic mass is 32.2. The Morgan fingerprint density at radius 1 is 0.552 bits per heavy atom. The van der Waals surface area contributed by atoms with E-state index in [1.165, 1.54) is 45.6 Å².